The SMILES string of the molecule is COc1ccc(C)cc1C(C)NC(=O)c1cccc(F)c1. The molecule has 110 valence electrons. The van der Waals surface area contributed by atoms with E-state index in [1.807, 2.05) is 32.0 Å². The number of hydrogen-bond donors (Lipinski definition) is 1. The lowest BCUT2D eigenvalue weighted by Crippen LogP contribution is -2.27. The van der Waals surface area contributed by atoms with E-state index >= 15 is 0 Å². The number of methoxy groups -OCH3 is 1. The van der Waals surface area contributed by atoms with Crippen LogP contribution in [-0.2, 0) is 0 Å². The van der Waals surface area contributed by atoms with Gasteiger partial charge in [0.25, 0.3) is 5.91 Å². The molecular weight excluding hydrogens is 269 g/mol. The van der Waals surface area contributed by atoms with Crippen molar-refractivity contribution in [3.05, 3.63) is 65.0 Å². The normalized spacial score (nSPS) is 11.8. The first-order valence-corrected chi connectivity index (χ1v) is 6.72. The van der Waals surface area contributed by atoms with Crippen LogP contribution in [0.3, 0.4) is 0 Å². The van der Waals surface area contributed by atoms with Crippen LogP contribution < -0.4 is 10.1 Å². The lowest BCUT2D eigenvalue weighted by atomic mass is 10.0. The van der Waals surface area contributed by atoms with Gasteiger partial charge in [0, 0.05) is 11.1 Å². The van der Waals surface area contributed by atoms with Gasteiger partial charge in [-0.2, -0.15) is 0 Å². The molecule has 0 aliphatic heterocycles. The first-order valence-electron chi connectivity index (χ1n) is 6.72. The Morgan fingerprint density at radius 1 is 1.24 bits per heavy atom. The van der Waals surface area contributed by atoms with E-state index in [0.29, 0.717) is 11.3 Å². The molecule has 0 heterocycles. The number of nitrogens with one attached hydrogen (secondary N) is 1. The standard InChI is InChI=1S/C17H18FNO2/c1-11-7-8-16(21-3)15(9-11)12(2)19-17(20)13-5-4-6-14(18)10-13/h4-10,12H,1-3H3,(H,19,20). The lowest BCUT2D eigenvalue weighted by Gasteiger charge is -2.18. The number of benzene rings is 2. The van der Waals surface area contributed by atoms with Gasteiger partial charge in [-0.25, -0.2) is 4.39 Å². The third-order valence-corrected chi connectivity index (χ3v) is 3.29. The Labute approximate surface area is 123 Å². The number of halogens is 1. The molecule has 0 saturated heterocycles. The Hall–Kier alpha value is -2.36. The number of rotatable bonds is 4. The van der Waals surface area contributed by atoms with E-state index in [-0.39, 0.29) is 11.9 Å². The van der Waals surface area contributed by atoms with Crippen LogP contribution >= 0.6 is 0 Å². The van der Waals surface area contributed by atoms with Crippen LogP contribution in [-0.4, -0.2) is 13.0 Å². The molecule has 2 aromatic carbocycles. The summed E-state index contributed by atoms with van der Waals surface area (Å²) in [6.45, 7) is 3.85. The zero-order chi connectivity index (χ0) is 15.4. The molecule has 0 aliphatic rings. The minimum atomic E-state index is -0.427. The summed E-state index contributed by atoms with van der Waals surface area (Å²) in [5, 5.41) is 2.86. The summed E-state index contributed by atoms with van der Waals surface area (Å²) in [6.07, 6.45) is 0. The molecule has 1 atom stereocenters. The van der Waals surface area contributed by atoms with Crippen molar-refractivity contribution >= 4 is 5.91 Å². The Kier molecular flexibility index (Phi) is 4.58. The monoisotopic (exact) mass is 287 g/mol. The van der Waals surface area contributed by atoms with Gasteiger partial charge in [-0.1, -0.05) is 23.8 Å². The Balaban J connectivity index is 2.20. The summed E-state index contributed by atoms with van der Waals surface area (Å²) in [5.41, 5.74) is 2.27. The zero-order valence-corrected chi connectivity index (χ0v) is 12.3. The van der Waals surface area contributed by atoms with Gasteiger partial charge in [0.1, 0.15) is 11.6 Å². The third kappa shape index (κ3) is 3.60. The molecule has 1 amide bonds. The quantitative estimate of drug-likeness (QED) is 0.932. The van der Waals surface area contributed by atoms with Crippen molar-refractivity contribution in [2.24, 2.45) is 0 Å². The highest BCUT2D eigenvalue weighted by molar-refractivity contribution is 5.94. The van der Waals surface area contributed by atoms with E-state index in [2.05, 4.69) is 5.32 Å². The van der Waals surface area contributed by atoms with Gasteiger partial charge in [0.15, 0.2) is 0 Å². The minimum absolute atomic E-state index is 0.240. The first kappa shape index (κ1) is 15.0. The van der Waals surface area contributed by atoms with Gasteiger partial charge < -0.3 is 10.1 Å². The predicted octanol–water partition coefficient (Wildman–Crippen LogP) is 3.63. The number of aryl methyl sites for hydroxylation is 1. The second-order valence-corrected chi connectivity index (χ2v) is 4.95. The van der Waals surface area contributed by atoms with Crippen molar-refractivity contribution in [1.82, 2.24) is 5.32 Å². The Bertz CT molecular complexity index is 655. The van der Waals surface area contributed by atoms with Crippen LogP contribution in [0.1, 0.15) is 34.5 Å². The minimum Gasteiger partial charge on any atom is -0.496 e. The molecule has 2 aromatic rings. The van der Waals surface area contributed by atoms with Crippen LogP contribution in [0.5, 0.6) is 5.75 Å². The molecular formula is C17H18FNO2. The summed E-state index contributed by atoms with van der Waals surface area (Å²) in [7, 11) is 1.59. The van der Waals surface area contributed by atoms with Crippen molar-refractivity contribution in [3.63, 3.8) is 0 Å². The molecule has 0 spiro atoms. The molecule has 2 rings (SSSR count). The van der Waals surface area contributed by atoms with E-state index in [0.717, 1.165) is 11.1 Å². The maximum atomic E-state index is 13.2. The highest BCUT2D eigenvalue weighted by Crippen LogP contribution is 2.26. The molecule has 0 aromatic heterocycles. The number of hydrogen-bond acceptors (Lipinski definition) is 2. The van der Waals surface area contributed by atoms with Crippen molar-refractivity contribution < 1.29 is 13.9 Å². The fourth-order valence-electron chi connectivity index (χ4n) is 2.18. The van der Waals surface area contributed by atoms with Gasteiger partial charge in [-0.3, -0.25) is 4.79 Å². The number of carbonyl (C=O) groups is 1. The fourth-order valence-corrected chi connectivity index (χ4v) is 2.18. The maximum absolute atomic E-state index is 13.2. The highest BCUT2D eigenvalue weighted by Gasteiger charge is 2.15. The Morgan fingerprint density at radius 2 is 2.00 bits per heavy atom. The van der Waals surface area contributed by atoms with Crippen molar-refractivity contribution in [2.75, 3.05) is 7.11 Å². The van der Waals surface area contributed by atoms with Crippen LogP contribution in [0.2, 0.25) is 0 Å². The second-order valence-electron chi connectivity index (χ2n) is 4.95. The zero-order valence-electron chi connectivity index (χ0n) is 12.3. The third-order valence-electron chi connectivity index (χ3n) is 3.29. The van der Waals surface area contributed by atoms with Gasteiger partial charge in [-0.15, -0.1) is 0 Å². The van der Waals surface area contributed by atoms with Gasteiger partial charge in [0.05, 0.1) is 13.2 Å². The van der Waals surface area contributed by atoms with Crippen molar-refractivity contribution in [1.29, 1.82) is 0 Å². The molecule has 4 heteroatoms. The number of ether oxygens (including phenoxy) is 1. The molecule has 21 heavy (non-hydrogen) atoms. The molecule has 0 radical (unpaired) electrons. The molecule has 1 unspecified atom stereocenters. The van der Waals surface area contributed by atoms with Gasteiger partial charge in [-0.05, 0) is 38.1 Å². The molecule has 1 N–H and O–H groups in total. The first-order chi connectivity index (χ1) is 10.0. The van der Waals surface area contributed by atoms with Crippen molar-refractivity contribution in [3.8, 4) is 5.75 Å². The lowest BCUT2D eigenvalue weighted by molar-refractivity contribution is 0.0939. The summed E-state index contributed by atoms with van der Waals surface area (Å²) in [4.78, 5) is 12.1. The van der Waals surface area contributed by atoms with Crippen LogP contribution in [0.25, 0.3) is 0 Å². The fraction of sp³-hybridized carbons (Fsp3) is 0.235. The van der Waals surface area contributed by atoms with Crippen molar-refractivity contribution in [2.45, 2.75) is 19.9 Å². The average molecular weight is 287 g/mol. The smallest absolute Gasteiger partial charge is 0.251 e. The maximum Gasteiger partial charge on any atom is 0.251 e. The largest absolute Gasteiger partial charge is 0.496 e. The Morgan fingerprint density at radius 3 is 2.67 bits per heavy atom. The van der Waals surface area contributed by atoms with Crippen LogP contribution in [0.15, 0.2) is 42.5 Å². The van der Waals surface area contributed by atoms with Gasteiger partial charge >= 0.3 is 0 Å². The molecule has 3 nitrogen and oxygen atoms in total. The molecule has 0 fully saturated rings. The summed E-state index contributed by atoms with van der Waals surface area (Å²) < 4.78 is 18.5. The van der Waals surface area contributed by atoms with E-state index in [1.54, 1.807) is 13.2 Å². The summed E-state index contributed by atoms with van der Waals surface area (Å²) in [6, 6.07) is 11.2. The second kappa shape index (κ2) is 6.39. The van der Waals surface area contributed by atoms with Crippen LogP contribution in [0.4, 0.5) is 4.39 Å². The predicted molar refractivity (Wildman–Crippen MR) is 80.0 cm³/mol. The summed E-state index contributed by atoms with van der Waals surface area (Å²) in [5.74, 6) is -0.0263. The average Bonchev–Trinajstić information content (AvgIpc) is 2.47. The van der Waals surface area contributed by atoms with Crippen LogP contribution in [0, 0.1) is 12.7 Å². The molecule has 0 aliphatic carbocycles. The van der Waals surface area contributed by atoms with Gasteiger partial charge in [0.2, 0.25) is 0 Å². The van der Waals surface area contributed by atoms with E-state index < -0.39 is 5.82 Å². The summed E-state index contributed by atoms with van der Waals surface area (Å²) >= 11 is 0. The van der Waals surface area contributed by atoms with E-state index in [9.17, 15) is 9.18 Å². The topological polar surface area (TPSA) is 38.3 Å². The number of carbonyl (C=O) groups excluding carboxylic acids is 1. The number of amides is 1. The van der Waals surface area contributed by atoms with E-state index in [1.165, 1.54) is 18.2 Å². The molecule has 0 bridgehead atoms. The molecule has 0 saturated carbocycles. The highest BCUT2D eigenvalue weighted by atomic mass is 19.1. The van der Waals surface area contributed by atoms with E-state index in [4.69, 9.17) is 4.74 Å².